The Labute approximate surface area is 104 Å². The van der Waals surface area contributed by atoms with Crippen molar-refractivity contribution in [2.45, 2.75) is 6.54 Å². The molecule has 0 saturated heterocycles. The van der Waals surface area contributed by atoms with Crippen LogP contribution in [0.25, 0.3) is 0 Å². The van der Waals surface area contributed by atoms with Crippen LogP contribution in [0.4, 0.5) is 4.39 Å². The Kier molecular flexibility index (Phi) is 3.28. The third-order valence-electron chi connectivity index (χ3n) is 1.93. The second-order valence-electron chi connectivity index (χ2n) is 3.18. The van der Waals surface area contributed by atoms with E-state index in [1.807, 2.05) is 22.6 Å². The summed E-state index contributed by atoms with van der Waals surface area (Å²) in [6, 6.07) is 2.80. The number of rotatable bonds is 2. The quantitative estimate of drug-likeness (QED) is 0.783. The Hall–Kier alpha value is -1.31. The van der Waals surface area contributed by atoms with E-state index in [1.54, 1.807) is 6.20 Å². The predicted molar refractivity (Wildman–Crippen MR) is 64.5 cm³/mol. The van der Waals surface area contributed by atoms with Gasteiger partial charge in [0.15, 0.2) is 0 Å². The molecule has 0 radical (unpaired) electrons. The molecule has 2 heterocycles. The molecule has 6 heteroatoms. The number of hydrogen-bond acceptors (Lipinski definition) is 3. The van der Waals surface area contributed by atoms with Gasteiger partial charge in [-0.15, -0.1) is 0 Å². The Morgan fingerprint density at radius 1 is 1.31 bits per heavy atom. The fourth-order valence-electron chi connectivity index (χ4n) is 1.25. The van der Waals surface area contributed by atoms with Crippen LogP contribution in [-0.4, -0.2) is 14.8 Å². The van der Waals surface area contributed by atoms with E-state index in [2.05, 4.69) is 10.1 Å². The first-order chi connectivity index (χ1) is 7.65. The molecule has 0 spiro atoms. The van der Waals surface area contributed by atoms with Crippen LogP contribution in [0, 0.1) is 9.39 Å². The fraction of sp³-hybridized carbons (Fsp3) is 0.100. The molecule has 82 valence electrons. The summed E-state index contributed by atoms with van der Waals surface area (Å²) in [6.07, 6.45) is 4.21. The minimum absolute atomic E-state index is 0.212. The Balaban J connectivity index is 2.31. The monoisotopic (exact) mass is 331 g/mol. The highest BCUT2D eigenvalue weighted by molar-refractivity contribution is 14.1. The van der Waals surface area contributed by atoms with Crippen molar-refractivity contribution in [3.8, 4) is 0 Å². The lowest BCUT2D eigenvalue weighted by Gasteiger charge is -2.03. The van der Waals surface area contributed by atoms with Gasteiger partial charge in [-0.3, -0.25) is 9.78 Å². The molecule has 0 aromatic carbocycles. The average molecular weight is 331 g/mol. The molecule has 0 aliphatic heterocycles. The van der Waals surface area contributed by atoms with E-state index in [0.717, 1.165) is 9.77 Å². The van der Waals surface area contributed by atoms with Gasteiger partial charge in [0.2, 0.25) is 0 Å². The zero-order valence-corrected chi connectivity index (χ0v) is 10.3. The van der Waals surface area contributed by atoms with E-state index in [-0.39, 0.29) is 12.1 Å². The van der Waals surface area contributed by atoms with Crippen molar-refractivity contribution in [3.05, 3.63) is 56.0 Å². The molecule has 0 saturated carbocycles. The first-order valence-electron chi connectivity index (χ1n) is 4.47. The van der Waals surface area contributed by atoms with Gasteiger partial charge in [0, 0.05) is 15.8 Å². The van der Waals surface area contributed by atoms with Crippen molar-refractivity contribution >= 4 is 22.6 Å². The molecule has 0 N–H and O–H groups in total. The average Bonchev–Trinajstić information content (AvgIpc) is 2.22. The summed E-state index contributed by atoms with van der Waals surface area (Å²) in [4.78, 5) is 15.2. The SMILES string of the molecule is O=c1cc(I)cnn1Cc1cncc(F)c1. The highest BCUT2D eigenvalue weighted by Crippen LogP contribution is 2.02. The third-order valence-corrected chi connectivity index (χ3v) is 2.52. The lowest BCUT2D eigenvalue weighted by molar-refractivity contribution is 0.603. The molecule has 2 rings (SSSR count). The van der Waals surface area contributed by atoms with E-state index in [0.29, 0.717) is 5.56 Å². The second-order valence-corrected chi connectivity index (χ2v) is 4.43. The maximum atomic E-state index is 12.9. The summed E-state index contributed by atoms with van der Waals surface area (Å²) in [7, 11) is 0. The van der Waals surface area contributed by atoms with E-state index in [1.165, 1.54) is 23.0 Å². The topological polar surface area (TPSA) is 47.8 Å². The third kappa shape index (κ3) is 2.63. The summed E-state index contributed by atoms with van der Waals surface area (Å²) < 4.78 is 14.9. The van der Waals surface area contributed by atoms with Gasteiger partial charge in [-0.05, 0) is 34.2 Å². The summed E-state index contributed by atoms with van der Waals surface area (Å²) in [5.41, 5.74) is 0.395. The molecule has 2 aromatic heterocycles. The van der Waals surface area contributed by atoms with Crippen LogP contribution in [0.1, 0.15) is 5.56 Å². The number of hydrogen-bond donors (Lipinski definition) is 0. The zero-order chi connectivity index (χ0) is 11.5. The van der Waals surface area contributed by atoms with E-state index in [4.69, 9.17) is 0 Å². The van der Waals surface area contributed by atoms with Gasteiger partial charge < -0.3 is 0 Å². The number of pyridine rings is 1. The van der Waals surface area contributed by atoms with Gasteiger partial charge in [0.25, 0.3) is 5.56 Å². The molecule has 0 aliphatic carbocycles. The Morgan fingerprint density at radius 3 is 2.81 bits per heavy atom. The van der Waals surface area contributed by atoms with Gasteiger partial charge in [-0.1, -0.05) is 0 Å². The molecule has 0 amide bonds. The van der Waals surface area contributed by atoms with Crippen molar-refractivity contribution in [2.24, 2.45) is 0 Å². The summed E-state index contributed by atoms with van der Waals surface area (Å²) in [5.74, 6) is -0.420. The fourth-order valence-corrected chi connectivity index (χ4v) is 1.64. The maximum absolute atomic E-state index is 12.9. The van der Waals surface area contributed by atoms with Crippen LogP contribution in [-0.2, 0) is 6.54 Å². The van der Waals surface area contributed by atoms with Crippen LogP contribution in [0.3, 0.4) is 0 Å². The normalized spacial score (nSPS) is 10.4. The van der Waals surface area contributed by atoms with Crippen molar-refractivity contribution in [3.63, 3.8) is 0 Å². The van der Waals surface area contributed by atoms with Crippen LogP contribution in [0.15, 0.2) is 35.5 Å². The van der Waals surface area contributed by atoms with Crippen molar-refractivity contribution in [1.82, 2.24) is 14.8 Å². The van der Waals surface area contributed by atoms with Crippen LogP contribution >= 0.6 is 22.6 Å². The Bertz CT molecular complexity index is 570. The first kappa shape index (κ1) is 11.2. The van der Waals surface area contributed by atoms with E-state index >= 15 is 0 Å². The standard InChI is InChI=1S/C10H7FIN3O/c11-8-1-7(3-13-4-8)6-15-10(16)2-9(12)5-14-15/h1-5H,6H2. The summed E-state index contributed by atoms with van der Waals surface area (Å²) >= 11 is 2.01. The lowest BCUT2D eigenvalue weighted by atomic mass is 10.3. The molecule has 4 nitrogen and oxygen atoms in total. The first-order valence-corrected chi connectivity index (χ1v) is 5.55. The van der Waals surface area contributed by atoms with Crippen molar-refractivity contribution in [1.29, 1.82) is 0 Å². The predicted octanol–water partition coefficient (Wildman–Crippen LogP) is 1.43. The largest absolute Gasteiger partial charge is 0.268 e. The molecular formula is C10H7FIN3O. The molecule has 16 heavy (non-hydrogen) atoms. The minimum atomic E-state index is -0.420. The number of nitrogens with zero attached hydrogens (tertiary/aromatic N) is 3. The summed E-state index contributed by atoms with van der Waals surface area (Å²) in [5, 5.41) is 3.95. The van der Waals surface area contributed by atoms with Gasteiger partial charge in [-0.25, -0.2) is 9.07 Å². The summed E-state index contributed by atoms with van der Waals surface area (Å²) in [6.45, 7) is 0.223. The van der Waals surface area contributed by atoms with Gasteiger partial charge in [-0.2, -0.15) is 5.10 Å². The van der Waals surface area contributed by atoms with Gasteiger partial charge in [0.05, 0.1) is 18.9 Å². The lowest BCUT2D eigenvalue weighted by Crippen LogP contribution is -2.22. The minimum Gasteiger partial charge on any atom is -0.268 e. The van der Waals surface area contributed by atoms with Gasteiger partial charge >= 0.3 is 0 Å². The molecular weight excluding hydrogens is 324 g/mol. The van der Waals surface area contributed by atoms with Crippen molar-refractivity contribution in [2.75, 3.05) is 0 Å². The highest BCUT2D eigenvalue weighted by atomic mass is 127. The van der Waals surface area contributed by atoms with Crippen LogP contribution in [0.5, 0.6) is 0 Å². The highest BCUT2D eigenvalue weighted by Gasteiger charge is 2.01. The molecule has 0 atom stereocenters. The molecule has 0 unspecified atom stereocenters. The molecule has 0 bridgehead atoms. The van der Waals surface area contributed by atoms with E-state index < -0.39 is 5.82 Å². The number of aromatic nitrogens is 3. The van der Waals surface area contributed by atoms with Crippen LogP contribution in [0.2, 0.25) is 0 Å². The Morgan fingerprint density at radius 2 is 2.12 bits per heavy atom. The maximum Gasteiger partial charge on any atom is 0.268 e. The molecule has 0 aliphatic rings. The number of halogens is 2. The van der Waals surface area contributed by atoms with E-state index in [9.17, 15) is 9.18 Å². The molecule has 0 fully saturated rings. The molecule has 2 aromatic rings. The van der Waals surface area contributed by atoms with Crippen molar-refractivity contribution < 1.29 is 4.39 Å². The second kappa shape index (κ2) is 4.69. The van der Waals surface area contributed by atoms with Gasteiger partial charge in [0.1, 0.15) is 5.82 Å². The smallest absolute Gasteiger partial charge is 0.268 e. The van der Waals surface area contributed by atoms with Crippen LogP contribution < -0.4 is 5.56 Å². The zero-order valence-electron chi connectivity index (χ0n) is 8.10.